The predicted molar refractivity (Wildman–Crippen MR) is 83.5 cm³/mol. The summed E-state index contributed by atoms with van der Waals surface area (Å²) in [6.07, 6.45) is 1.88. The molecule has 0 bridgehead atoms. The summed E-state index contributed by atoms with van der Waals surface area (Å²) >= 11 is 8.51. The molecule has 0 saturated carbocycles. The number of benzene rings is 1. The van der Waals surface area contributed by atoms with Crippen molar-refractivity contribution in [3.8, 4) is 0 Å². The van der Waals surface area contributed by atoms with Crippen molar-refractivity contribution in [2.45, 2.75) is 26.3 Å². The van der Waals surface area contributed by atoms with Crippen molar-refractivity contribution in [2.75, 3.05) is 13.1 Å². The Kier molecular flexibility index (Phi) is 4.58. The molecule has 0 aromatic heterocycles. The van der Waals surface area contributed by atoms with Crippen LogP contribution in [0.5, 0.6) is 0 Å². The van der Waals surface area contributed by atoms with E-state index in [0.29, 0.717) is 11.5 Å². The van der Waals surface area contributed by atoms with Crippen LogP contribution >= 0.6 is 28.1 Å². The molecule has 0 radical (unpaired) electrons. The van der Waals surface area contributed by atoms with Gasteiger partial charge in [0.25, 0.3) is 0 Å². The number of hydrogen-bond acceptors (Lipinski definition) is 2. The number of thiocarbonyl (C=S) groups is 1. The monoisotopic (exact) mass is 344 g/mol. The quantitative estimate of drug-likeness (QED) is 0.851. The molecule has 104 valence electrons. The van der Waals surface area contributed by atoms with Crippen LogP contribution in [-0.4, -0.2) is 23.0 Å². The first kappa shape index (κ1) is 14.9. The minimum Gasteiger partial charge on any atom is -0.393 e. The van der Waals surface area contributed by atoms with Gasteiger partial charge in [0.2, 0.25) is 0 Å². The fraction of sp³-hybridized carbons (Fsp3) is 0.500. The Balaban J connectivity index is 1.99. The summed E-state index contributed by atoms with van der Waals surface area (Å²) in [5.74, 6) is -0.147. The molecule has 19 heavy (non-hydrogen) atoms. The smallest absolute Gasteiger partial charge is 0.127 e. The van der Waals surface area contributed by atoms with Crippen LogP contribution in [-0.2, 0) is 6.54 Å². The van der Waals surface area contributed by atoms with Gasteiger partial charge in [-0.1, -0.05) is 35.1 Å². The van der Waals surface area contributed by atoms with Crippen LogP contribution in [0.25, 0.3) is 0 Å². The molecule has 0 spiro atoms. The maximum Gasteiger partial charge on any atom is 0.127 e. The lowest BCUT2D eigenvalue weighted by molar-refractivity contribution is 0.156. The van der Waals surface area contributed by atoms with Crippen molar-refractivity contribution in [3.63, 3.8) is 0 Å². The standard InChI is InChI=1S/C14H18BrFN2S/c1-14(13(17)19)4-6-18(7-5-14)9-10-8-11(15)2-3-12(10)16/h2-3,8H,4-7,9H2,1H3,(H2,17,19). The molecule has 2 nitrogen and oxygen atoms in total. The SMILES string of the molecule is CC1(C(N)=S)CCN(Cc2cc(Br)ccc2F)CC1. The molecular weight excluding hydrogens is 327 g/mol. The van der Waals surface area contributed by atoms with E-state index in [-0.39, 0.29) is 11.2 Å². The number of nitrogens with zero attached hydrogens (tertiary/aromatic N) is 1. The Labute approximate surface area is 127 Å². The molecule has 1 aliphatic heterocycles. The Morgan fingerprint density at radius 3 is 2.68 bits per heavy atom. The number of halogens is 2. The number of likely N-dealkylation sites (tertiary alicyclic amines) is 1. The van der Waals surface area contributed by atoms with Crippen LogP contribution in [0.2, 0.25) is 0 Å². The van der Waals surface area contributed by atoms with Crippen molar-refractivity contribution in [3.05, 3.63) is 34.1 Å². The fourth-order valence-electron chi connectivity index (χ4n) is 2.36. The lowest BCUT2D eigenvalue weighted by Gasteiger charge is -2.38. The molecule has 0 aliphatic carbocycles. The largest absolute Gasteiger partial charge is 0.393 e. The first-order valence-corrected chi connectivity index (χ1v) is 7.57. The average Bonchev–Trinajstić information content (AvgIpc) is 2.36. The van der Waals surface area contributed by atoms with Crippen LogP contribution in [0.1, 0.15) is 25.3 Å². The number of piperidine rings is 1. The average molecular weight is 345 g/mol. The van der Waals surface area contributed by atoms with Crippen LogP contribution < -0.4 is 5.73 Å². The third-order valence-electron chi connectivity index (χ3n) is 3.96. The normalized spacial score (nSPS) is 19.3. The van der Waals surface area contributed by atoms with Crippen molar-refractivity contribution in [1.29, 1.82) is 0 Å². The third-order valence-corrected chi connectivity index (χ3v) is 4.94. The van der Waals surface area contributed by atoms with E-state index in [9.17, 15) is 4.39 Å². The molecule has 1 fully saturated rings. The summed E-state index contributed by atoms with van der Waals surface area (Å²) in [5, 5.41) is 0. The second-order valence-electron chi connectivity index (χ2n) is 5.44. The van der Waals surface area contributed by atoms with Gasteiger partial charge in [0.05, 0.1) is 4.99 Å². The van der Waals surface area contributed by atoms with Crippen LogP contribution in [0.15, 0.2) is 22.7 Å². The molecule has 1 heterocycles. The molecule has 1 aromatic carbocycles. The maximum absolute atomic E-state index is 13.7. The van der Waals surface area contributed by atoms with Crippen molar-refractivity contribution < 1.29 is 4.39 Å². The van der Waals surface area contributed by atoms with Gasteiger partial charge in [-0.3, -0.25) is 4.90 Å². The van der Waals surface area contributed by atoms with E-state index >= 15 is 0 Å². The third kappa shape index (κ3) is 3.52. The highest BCUT2D eigenvalue weighted by Gasteiger charge is 2.32. The Morgan fingerprint density at radius 2 is 2.11 bits per heavy atom. The van der Waals surface area contributed by atoms with Gasteiger partial charge in [-0.15, -0.1) is 0 Å². The predicted octanol–water partition coefficient (Wildman–Crippen LogP) is 3.48. The molecular formula is C14H18BrFN2S. The molecule has 1 saturated heterocycles. The molecule has 0 atom stereocenters. The van der Waals surface area contributed by atoms with Crippen LogP contribution in [0.4, 0.5) is 4.39 Å². The molecule has 5 heteroatoms. The van der Waals surface area contributed by atoms with E-state index in [2.05, 4.69) is 27.8 Å². The zero-order valence-electron chi connectivity index (χ0n) is 11.0. The van der Waals surface area contributed by atoms with E-state index in [1.807, 2.05) is 6.07 Å². The molecule has 0 unspecified atom stereocenters. The van der Waals surface area contributed by atoms with Gasteiger partial charge in [-0.2, -0.15) is 0 Å². The molecule has 2 N–H and O–H groups in total. The maximum atomic E-state index is 13.7. The summed E-state index contributed by atoms with van der Waals surface area (Å²) in [6.45, 7) is 4.56. The summed E-state index contributed by atoms with van der Waals surface area (Å²) in [4.78, 5) is 2.85. The fourth-order valence-corrected chi connectivity index (χ4v) is 2.97. The molecule has 2 rings (SSSR count). The van der Waals surface area contributed by atoms with Crippen molar-refractivity contribution in [2.24, 2.45) is 11.1 Å². The summed E-state index contributed by atoms with van der Waals surface area (Å²) in [5.41, 5.74) is 6.48. The van der Waals surface area contributed by atoms with E-state index < -0.39 is 0 Å². The topological polar surface area (TPSA) is 29.3 Å². The van der Waals surface area contributed by atoms with E-state index in [0.717, 1.165) is 36.0 Å². The van der Waals surface area contributed by atoms with Gasteiger partial charge in [0, 0.05) is 22.0 Å². The van der Waals surface area contributed by atoms with Crippen LogP contribution in [0, 0.1) is 11.2 Å². The van der Waals surface area contributed by atoms with E-state index in [4.69, 9.17) is 18.0 Å². The van der Waals surface area contributed by atoms with Crippen molar-refractivity contribution >= 4 is 33.1 Å². The lowest BCUT2D eigenvalue weighted by Crippen LogP contribution is -2.44. The first-order valence-electron chi connectivity index (χ1n) is 6.37. The van der Waals surface area contributed by atoms with Gasteiger partial charge >= 0.3 is 0 Å². The number of rotatable bonds is 3. The Hall–Kier alpha value is -0.520. The molecule has 1 aliphatic rings. The van der Waals surface area contributed by atoms with Crippen molar-refractivity contribution in [1.82, 2.24) is 4.90 Å². The first-order chi connectivity index (χ1) is 8.90. The Morgan fingerprint density at radius 1 is 1.47 bits per heavy atom. The lowest BCUT2D eigenvalue weighted by atomic mass is 9.80. The van der Waals surface area contributed by atoms with Gasteiger partial charge in [-0.05, 0) is 44.1 Å². The summed E-state index contributed by atoms with van der Waals surface area (Å²) < 4.78 is 14.6. The minimum atomic E-state index is -0.147. The molecule has 0 amide bonds. The second-order valence-corrected chi connectivity index (χ2v) is 6.79. The van der Waals surface area contributed by atoms with Gasteiger partial charge in [0.1, 0.15) is 5.82 Å². The minimum absolute atomic E-state index is 0.0400. The summed E-state index contributed by atoms with van der Waals surface area (Å²) in [7, 11) is 0. The van der Waals surface area contributed by atoms with Gasteiger partial charge < -0.3 is 5.73 Å². The number of nitrogens with two attached hydrogens (primary N) is 1. The van der Waals surface area contributed by atoms with Gasteiger partial charge in [0.15, 0.2) is 0 Å². The second kappa shape index (κ2) is 5.85. The zero-order chi connectivity index (χ0) is 14.0. The number of hydrogen-bond donors (Lipinski definition) is 1. The van der Waals surface area contributed by atoms with Crippen LogP contribution in [0.3, 0.4) is 0 Å². The highest BCUT2D eigenvalue weighted by atomic mass is 79.9. The van der Waals surface area contributed by atoms with E-state index in [1.54, 1.807) is 6.07 Å². The van der Waals surface area contributed by atoms with Gasteiger partial charge in [-0.25, -0.2) is 4.39 Å². The highest BCUT2D eigenvalue weighted by Crippen LogP contribution is 2.32. The summed E-state index contributed by atoms with van der Waals surface area (Å²) in [6, 6.07) is 5.07. The Bertz CT molecular complexity index is 484. The van der Waals surface area contributed by atoms with E-state index in [1.165, 1.54) is 6.07 Å². The highest BCUT2D eigenvalue weighted by molar-refractivity contribution is 9.10. The molecule has 1 aromatic rings. The zero-order valence-corrected chi connectivity index (χ0v) is 13.4.